The fourth-order valence-corrected chi connectivity index (χ4v) is 2.18. The maximum atomic E-state index is 10.9. The Morgan fingerprint density at radius 1 is 1.24 bits per heavy atom. The molecule has 1 aromatic carbocycles. The number of pyridine rings is 1. The Morgan fingerprint density at radius 2 is 2.10 bits per heavy atom. The van der Waals surface area contributed by atoms with Crippen molar-refractivity contribution < 1.29 is 14.3 Å². The fraction of sp³-hybridized carbons (Fsp3) is 0.125. The third kappa shape index (κ3) is 2.64. The number of carbonyl (C=O) groups is 1. The molecule has 3 rings (SSSR count). The van der Waals surface area contributed by atoms with Crippen LogP contribution in [0.2, 0.25) is 0 Å². The van der Waals surface area contributed by atoms with Crippen molar-refractivity contribution >= 4 is 17.2 Å². The highest BCUT2D eigenvalue weighted by molar-refractivity contribution is 5.98. The number of fused-ring (bicyclic) bond motifs is 1. The molecule has 106 valence electrons. The number of hydrogen-bond donors (Lipinski definition) is 1. The molecular formula is C16H14N2O3. The van der Waals surface area contributed by atoms with Crippen molar-refractivity contribution in [3.8, 4) is 17.0 Å². The largest absolute Gasteiger partial charge is 0.451 e. The predicted molar refractivity (Wildman–Crippen MR) is 79.4 cm³/mol. The van der Waals surface area contributed by atoms with Crippen LogP contribution in [0.1, 0.15) is 10.4 Å². The summed E-state index contributed by atoms with van der Waals surface area (Å²) in [7, 11) is 1.56. The van der Waals surface area contributed by atoms with Gasteiger partial charge in [-0.1, -0.05) is 12.1 Å². The number of ether oxygens (including phenoxy) is 2. The Bertz CT molecular complexity index is 763. The zero-order valence-electron chi connectivity index (χ0n) is 11.5. The minimum atomic E-state index is 0.176. The van der Waals surface area contributed by atoms with E-state index in [2.05, 4.69) is 9.97 Å². The maximum absolute atomic E-state index is 10.9. The van der Waals surface area contributed by atoms with E-state index in [-0.39, 0.29) is 6.79 Å². The molecule has 5 heteroatoms. The smallest absolute Gasteiger partial charge is 0.215 e. The molecule has 0 amide bonds. The summed E-state index contributed by atoms with van der Waals surface area (Å²) in [5.41, 5.74) is 3.59. The van der Waals surface area contributed by atoms with Crippen LogP contribution in [-0.4, -0.2) is 30.2 Å². The van der Waals surface area contributed by atoms with Crippen LogP contribution in [0.4, 0.5) is 0 Å². The van der Waals surface area contributed by atoms with Gasteiger partial charge in [-0.15, -0.1) is 0 Å². The number of carbonyl (C=O) groups excluding carboxylic acids is 1. The molecule has 0 saturated heterocycles. The van der Waals surface area contributed by atoms with E-state index in [1.165, 1.54) is 0 Å². The number of hydrogen-bond acceptors (Lipinski definition) is 4. The number of nitrogens with one attached hydrogen (secondary N) is 1. The highest BCUT2D eigenvalue weighted by atomic mass is 16.7. The number of benzene rings is 1. The number of nitrogens with zero attached hydrogens (tertiary/aromatic N) is 1. The summed E-state index contributed by atoms with van der Waals surface area (Å²) in [4.78, 5) is 18.2. The van der Waals surface area contributed by atoms with E-state index >= 15 is 0 Å². The third-order valence-corrected chi connectivity index (χ3v) is 3.24. The lowest BCUT2D eigenvalue weighted by Crippen LogP contribution is -2.00. The van der Waals surface area contributed by atoms with Crippen molar-refractivity contribution in [2.24, 2.45) is 0 Å². The first-order chi connectivity index (χ1) is 10.3. The van der Waals surface area contributed by atoms with Crippen molar-refractivity contribution in [3.63, 3.8) is 0 Å². The van der Waals surface area contributed by atoms with Gasteiger partial charge in [-0.2, -0.15) is 0 Å². The van der Waals surface area contributed by atoms with E-state index < -0.39 is 0 Å². The molecule has 21 heavy (non-hydrogen) atoms. The molecule has 0 aliphatic rings. The second-order valence-corrected chi connectivity index (χ2v) is 4.56. The summed E-state index contributed by atoms with van der Waals surface area (Å²) in [6, 6.07) is 9.62. The number of aromatic amines is 1. The number of H-pyrrole nitrogens is 1. The zero-order chi connectivity index (χ0) is 14.7. The number of methoxy groups -OCH3 is 1. The summed E-state index contributed by atoms with van der Waals surface area (Å²) in [6.07, 6.45) is 4.30. The molecule has 2 heterocycles. The third-order valence-electron chi connectivity index (χ3n) is 3.24. The van der Waals surface area contributed by atoms with E-state index in [4.69, 9.17) is 9.47 Å². The van der Waals surface area contributed by atoms with Gasteiger partial charge in [0.15, 0.2) is 13.1 Å². The molecule has 0 aliphatic carbocycles. The molecule has 0 bridgehead atoms. The molecule has 0 spiro atoms. The van der Waals surface area contributed by atoms with Gasteiger partial charge < -0.3 is 14.5 Å². The van der Waals surface area contributed by atoms with Crippen LogP contribution in [0.5, 0.6) is 5.88 Å². The molecule has 0 saturated carbocycles. The lowest BCUT2D eigenvalue weighted by Gasteiger charge is -2.05. The summed E-state index contributed by atoms with van der Waals surface area (Å²) in [6.45, 7) is 0.176. The Labute approximate surface area is 121 Å². The zero-order valence-corrected chi connectivity index (χ0v) is 11.5. The van der Waals surface area contributed by atoms with Crippen LogP contribution in [0, 0.1) is 0 Å². The van der Waals surface area contributed by atoms with Gasteiger partial charge in [0.05, 0.1) is 0 Å². The standard InChI is InChI=1S/C16H14N2O3/c1-20-10-21-16-5-3-12(7-18-16)11-2-4-14-13(9-19)8-17-15(14)6-11/h2-9,17H,10H2,1H3. The average molecular weight is 282 g/mol. The minimum Gasteiger partial charge on any atom is -0.451 e. The molecule has 5 nitrogen and oxygen atoms in total. The van der Waals surface area contributed by atoms with Crippen molar-refractivity contribution in [2.75, 3.05) is 13.9 Å². The topological polar surface area (TPSA) is 64.2 Å². The second kappa shape index (κ2) is 5.76. The van der Waals surface area contributed by atoms with E-state index in [1.54, 1.807) is 25.6 Å². The van der Waals surface area contributed by atoms with Crippen LogP contribution in [0.15, 0.2) is 42.7 Å². The Kier molecular flexibility index (Phi) is 3.66. The molecule has 0 radical (unpaired) electrons. The normalized spacial score (nSPS) is 10.7. The molecule has 1 N–H and O–H groups in total. The van der Waals surface area contributed by atoms with Gasteiger partial charge in [-0.25, -0.2) is 4.98 Å². The summed E-state index contributed by atoms with van der Waals surface area (Å²) in [5.74, 6) is 0.518. The Morgan fingerprint density at radius 3 is 2.81 bits per heavy atom. The summed E-state index contributed by atoms with van der Waals surface area (Å²) in [5, 5.41) is 0.918. The molecule has 2 aromatic heterocycles. The van der Waals surface area contributed by atoms with Crippen molar-refractivity contribution in [3.05, 3.63) is 48.3 Å². The highest BCUT2D eigenvalue weighted by Gasteiger charge is 2.05. The second-order valence-electron chi connectivity index (χ2n) is 4.56. The van der Waals surface area contributed by atoms with Crippen molar-refractivity contribution in [1.29, 1.82) is 0 Å². The molecule has 0 fully saturated rings. The lowest BCUT2D eigenvalue weighted by molar-refractivity contribution is 0.0478. The first-order valence-corrected chi connectivity index (χ1v) is 6.46. The highest BCUT2D eigenvalue weighted by Crippen LogP contribution is 2.25. The van der Waals surface area contributed by atoms with Crippen molar-refractivity contribution in [1.82, 2.24) is 9.97 Å². The molecule has 3 aromatic rings. The van der Waals surface area contributed by atoms with E-state index in [0.717, 1.165) is 28.3 Å². The predicted octanol–water partition coefficient (Wildman–Crippen LogP) is 3.03. The van der Waals surface area contributed by atoms with E-state index in [9.17, 15) is 4.79 Å². The van der Waals surface area contributed by atoms with E-state index in [0.29, 0.717) is 11.4 Å². The quantitative estimate of drug-likeness (QED) is 0.577. The fourth-order valence-electron chi connectivity index (χ4n) is 2.18. The maximum Gasteiger partial charge on any atom is 0.215 e. The molecule has 0 aliphatic heterocycles. The Hall–Kier alpha value is -2.66. The minimum absolute atomic E-state index is 0.176. The summed E-state index contributed by atoms with van der Waals surface area (Å²) < 4.78 is 10.1. The summed E-state index contributed by atoms with van der Waals surface area (Å²) >= 11 is 0. The first kappa shape index (κ1) is 13.3. The molecular weight excluding hydrogens is 268 g/mol. The van der Waals surface area contributed by atoms with Crippen LogP contribution in [0.25, 0.3) is 22.0 Å². The number of rotatable bonds is 5. The number of aldehydes is 1. The van der Waals surface area contributed by atoms with Crippen LogP contribution in [0.3, 0.4) is 0 Å². The van der Waals surface area contributed by atoms with Gasteiger partial charge in [-0.05, 0) is 17.7 Å². The van der Waals surface area contributed by atoms with E-state index in [1.807, 2.05) is 24.3 Å². The van der Waals surface area contributed by atoms with Gasteiger partial charge in [0.2, 0.25) is 5.88 Å². The number of aromatic nitrogens is 2. The van der Waals surface area contributed by atoms with Gasteiger partial charge >= 0.3 is 0 Å². The monoisotopic (exact) mass is 282 g/mol. The van der Waals surface area contributed by atoms with Gasteiger partial charge in [0.1, 0.15) is 0 Å². The van der Waals surface area contributed by atoms with Gasteiger partial charge in [0, 0.05) is 47.6 Å². The van der Waals surface area contributed by atoms with Gasteiger partial charge in [-0.3, -0.25) is 4.79 Å². The van der Waals surface area contributed by atoms with Crippen molar-refractivity contribution in [2.45, 2.75) is 0 Å². The first-order valence-electron chi connectivity index (χ1n) is 6.46. The molecule has 0 unspecified atom stereocenters. The van der Waals surface area contributed by atoms with Crippen LogP contribution in [-0.2, 0) is 4.74 Å². The van der Waals surface area contributed by atoms with Gasteiger partial charge in [0.25, 0.3) is 0 Å². The average Bonchev–Trinajstić information content (AvgIpc) is 2.95. The lowest BCUT2D eigenvalue weighted by atomic mass is 10.1. The van der Waals surface area contributed by atoms with Crippen LogP contribution < -0.4 is 4.74 Å². The Balaban J connectivity index is 1.91. The molecule has 0 atom stereocenters. The van der Waals surface area contributed by atoms with Crippen LogP contribution >= 0.6 is 0 Å². The SMILES string of the molecule is COCOc1ccc(-c2ccc3c(C=O)c[nH]c3c2)cn1.